The van der Waals surface area contributed by atoms with Crippen molar-refractivity contribution in [1.82, 2.24) is 20.4 Å². The molecular weight excluding hydrogens is 565 g/mol. The van der Waals surface area contributed by atoms with Gasteiger partial charge in [-0.15, -0.1) is 0 Å². The van der Waals surface area contributed by atoms with Crippen molar-refractivity contribution < 1.29 is 49.3 Å². The Kier molecular flexibility index (Phi) is 8.77. The molecule has 41 heavy (non-hydrogen) atoms. The molecule has 15 nitrogen and oxygen atoms in total. The van der Waals surface area contributed by atoms with Crippen molar-refractivity contribution >= 4 is 42.5 Å². The second-order valence-electron chi connectivity index (χ2n) is 9.33. The first-order valence-corrected chi connectivity index (χ1v) is 12.8. The van der Waals surface area contributed by atoms with Crippen LogP contribution in [0.3, 0.4) is 0 Å². The first-order valence-electron chi connectivity index (χ1n) is 12.4. The van der Waals surface area contributed by atoms with Crippen LogP contribution in [0.2, 0.25) is 5.02 Å². The SMILES string of the molecule is NCCN1CCN(C(=O)N[C@H](C(=O)N[C@H]2Cc3cccc(C(=O)O)c3OB2O)c2ccc(O)c(O)c2Cl)C(O)C1=O. The predicted molar refractivity (Wildman–Crippen MR) is 142 cm³/mol. The number of phenolic OH excluding ortho intramolecular Hbond substituents is 2. The first kappa shape index (κ1) is 29.7. The summed E-state index contributed by atoms with van der Waals surface area (Å²) in [4.78, 5) is 52.8. The zero-order valence-corrected chi connectivity index (χ0v) is 22.1. The van der Waals surface area contributed by atoms with Gasteiger partial charge in [-0.2, -0.15) is 0 Å². The van der Waals surface area contributed by atoms with Crippen molar-refractivity contribution in [2.75, 3.05) is 26.2 Å². The number of hydrogen-bond acceptors (Lipinski definition) is 10. The topological polar surface area (TPSA) is 235 Å². The highest BCUT2D eigenvalue weighted by molar-refractivity contribution is 6.47. The first-order chi connectivity index (χ1) is 19.4. The number of aromatic hydroxyl groups is 2. The third-order valence-corrected chi connectivity index (χ3v) is 7.14. The maximum absolute atomic E-state index is 13.5. The average Bonchev–Trinajstić information content (AvgIpc) is 2.93. The van der Waals surface area contributed by atoms with Gasteiger partial charge < -0.3 is 51.4 Å². The fraction of sp³-hybridized carbons (Fsp3) is 0.333. The smallest absolute Gasteiger partial charge is 0.534 e. The number of benzene rings is 2. The normalized spacial score (nSPS) is 19.2. The monoisotopic (exact) mass is 591 g/mol. The fourth-order valence-electron chi connectivity index (χ4n) is 4.61. The number of fused-ring (bicyclic) bond motifs is 1. The highest BCUT2D eigenvalue weighted by Gasteiger charge is 2.41. The summed E-state index contributed by atoms with van der Waals surface area (Å²) in [6, 6.07) is 3.85. The Morgan fingerprint density at radius 2 is 1.93 bits per heavy atom. The second-order valence-corrected chi connectivity index (χ2v) is 9.70. The van der Waals surface area contributed by atoms with Crippen LogP contribution in [0.15, 0.2) is 30.3 Å². The molecule has 1 saturated heterocycles. The summed E-state index contributed by atoms with van der Waals surface area (Å²) in [6.07, 6.45) is -1.91. The minimum absolute atomic E-state index is 0.0467. The summed E-state index contributed by atoms with van der Waals surface area (Å²) in [5.74, 6) is -5.51. The van der Waals surface area contributed by atoms with Gasteiger partial charge in [-0.25, -0.2) is 9.59 Å². The van der Waals surface area contributed by atoms with Crippen LogP contribution in [0.4, 0.5) is 4.79 Å². The van der Waals surface area contributed by atoms with Crippen LogP contribution in [0, 0.1) is 0 Å². The van der Waals surface area contributed by atoms with Crippen LogP contribution in [0.5, 0.6) is 17.2 Å². The number of hydrogen-bond donors (Lipinski definition) is 8. The molecule has 2 aromatic carbocycles. The van der Waals surface area contributed by atoms with Gasteiger partial charge in [-0.05, 0) is 24.1 Å². The van der Waals surface area contributed by atoms with Crippen LogP contribution >= 0.6 is 11.6 Å². The number of halogens is 1. The molecule has 0 radical (unpaired) electrons. The number of carboxylic acid groups (broad SMARTS) is 1. The zero-order valence-electron chi connectivity index (χ0n) is 21.4. The Bertz CT molecular complexity index is 1380. The molecule has 0 spiro atoms. The van der Waals surface area contributed by atoms with Crippen molar-refractivity contribution in [1.29, 1.82) is 0 Å². The third kappa shape index (κ3) is 5.95. The average molecular weight is 592 g/mol. The maximum Gasteiger partial charge on any atom is 0.547 e. The molecule has 9 N–H and O–H groups in total. The van der Waals surface area contributed by atoms with Crippen molar-refractivity contribution in [3.05, 3.63) is 52.0 Å². The minimum atomic E-state index is -1.86. The molecule has 4 amide bonds. The molecule has 17 heteroatoms. The highest BCUT2D eigenvalue weighted by Crippen LogP contribution is 2.38. The van der Waals surface area contributed by atoms with Gasteiger partial charge in [0.1, 0.15) is 11.8 Å². The Balaban J connectivity index is 1.59. The number of amides is 4. The lowest BCUT2D eigenvalue weighted by Crippen LogP contribution is -2.62. The van der Waals surface area contributed by atoms with Gasteiger partial charge in [-0.3, -0.25) is 14.5 Å². The number of aliphatic hydroxyl groups excluding tert-OH is 1. The van der Waals surface area contributed by atoms with Gasteiger partial charge in [0.2, 0.25) is 12.1 Å². The summed E-state index contributed by atoms with van der Waals surface area (Å²) in [5, 5.41) is 54.8. The van der Waals surface area contributed by atoms with Crippen LogP contribution in [-0.2, 0) is 16.0 Å². The lowest BCUT2D eigenvalue weighted by Gasteiger charge is -2.38. The predicted octanol–water partition coefficient (Wildman–Crippen LogP) is -1.24. The third-order valence-electron chi connectivity index (χ3n) is 6.74. The highest BCUT2D eigenvalue weighted by atomic mass is 35.5. The minimum Gasteiger partial charge on any atom is -0.534 e. The van der Waals surface area contributed by atoms with E-state index in [1.54, 1.807) is 6.07 Å². The number of carbonyl (C=O) groups is 4. The lowest BCUT2D eigenvalue weighted by atomic mass is 9.72. The molecule has 3 atom stereocenters. The molecule has 2 aromatic rings. The number of aromatic carboxylic acids is 1. The molecule has 0 aromatic heterocycles. The Hall–Kier alpha value is -4.25. The molecule has 1 fully saturated rings. The molecule has 0 bridgehead atoms. The molecular formula is C24H27BClN5O10. The summed E-state index contributed by atoms with van der Waals surface area (Å²) in [5.41, 5.74) is 5.53. The number of urea groups is 1. The standard InChI is InChI=1S/C24H27BClN5O10/c26-16-12(4-5-14(32)18(16)33)17(29-24(39)31-9-8-30(7-6-27)21(35)22(31)36)20(34)28-15-10-11-2-1-3-13(23(37)38)19(11)41-25(15)40/h1-5,15,17,22,32-33,36,40H,6-10,27H2,(H,28,34)(H,29,39)(H,37,38)/t15-,17-,22?/m0/s1. The van der Waals surface area contributed by atoms with Gasteiger partial charge in [0.05, 0.1) is 16.5 Å². The number of aliphatic hydroxyl groups is 1. The van der Waals surface area contributed by atoms with E-state index >= 15 is 0 Å². The largest absolute Gasteiger partial charge is 0.547 e. The Labute approximate surface area is 238 Å². The van der Waals surface area contributed by atoms with Crippen molar-refractivity contribution in [2.45, 2.75) is 24.6 Å². The number of phenols is 2. The van der Waals surface area contributed by atoms with E-state index in [0.29, 0.717) is 5.56 Å². The van der Waals surface area contributed by atoms with Crippen LogP contribution in [-0.4, -0.2) is 105 Å². The van der Waals surface area contributed by atoms with Crippen LogP contribution in [0.1, 0.15) is 27.5 Å². The van der Waals surface area contributed by atoms with Gasteiger partial charge >= 0.3 is 19.1 Å². The molecule has 1 unspecified atom stereocenters. The van der Waals surface area contributed by atoms with E-state index in [1.165, 1.54) is 23.1 Å². The van der Waals surface area contributed by atoms with Crippen molar-refractivity contribution in [3.8, 4) is 17.2 Å². The van der Waals surface area contributed by atoms with Crippen molar-refractivity contribution in [2.24, 2.45) is 5.73 Å². The van der Waals surface area contributed by atoms with Gasteiger partial charge in [-0.1, -0.05) is 29.8 Å². The summed E-state index contributed by atoms with van der Waals surface area (Å²) in [7, 11) is -1.68. The number of para-hydroxylation sites is 1. The van der Waals surface area contributed by atoms with E-state index in [4.69, 9.17) is 22.0 Å². The number of rotatable bonds is 7. The van der Waals surface area contributed by atoms with E-state index in [-0.39, 0.29) is 49.5 Å². The van der Waals surface area contributed by atoms with E-state index in [0.717, 1.165) is 11.0 Å². The number of nitrogens with two attached hydrogens (primary N) is 1. The number of carboxylic acids is 1. The molecule has 0 saturated carbocycles. The zero-order chi connectivity index (χ0) is 30.0. The number of piperazine rings is 1. The quantitative estimate of drug-likeness (QED) is 0.140. The number of nitrogens with one attached hydrogen (secondary N) is 2. The molecule has 2 aliphatic heterocycles. The van der Waals surface area contributed by atoms with E-state index < -0.39 is 65.7 Å². The van der Waals surface area contributed by atoms with Gasteiger partial charge in [0, 0.05) is 31.7 Å². The Morgan fingerprint density at radius 1 is 1.20 bits per heavy atom. The van der Waals surface area contributed by atoms with Gasteiger partial charge in [0.25, 0.3) is 5.91 Å². The molecule has 0 aliphatic carbocycles. The van der Waals surface area contributed by atoms with Crippen LogP contribution in [0.25, 0.3) is 0 Å². The van der Waals surface area contributed by atoms with E-state index in [1.807, 2.05) is 0 Å². The Morgan fingerprint density at radius 3 is 2.61 bits per heavy atom. The molecule has 218 valence electrons. The second kappa shape index (κ2) is 12.1. The van der Waals surface area contributed by atoms with Gasteiger partial charge in [0.15, 0.2) is 11.5 Å². The summed E-state index contributed by atoms with van der Waals surface area (Å²) in [6.45, 7) is 0.289. The lowest BCUT2D eigenvalue weighted by molar-refractivity contribution is -0.154. The number of nitrogens with zero attached hydrogens (tertiary/aromatic N) is 2. The fourth-order valence-corrected chi connectivity index (χ4v) is 4.88. The van der Waals surface area contributed by atoms with Crippen LogP contribution < -0.4 is 21.0 Å². The maximum atomic E-state index is 13.5. The summed E-state index contributed by atoms with van der Waals surface area (Å²) < 4.78 is 5.40. The van der Waals surface area contributed by atoms with Crippen molar-refractivity contribution in [3.63, 3.8) is 0 Å². The molecule has 2 heterocycles. The molecule has 2 aliphatic rings. The van der Waals surface area contributed by atoms with E-state index in [9.17, 15) is 44.6 Å². The molecule has 4 rings (SSSR count). The van der Waals surface area contributed by atoms with E-state index in [2.05, 4.69) is 10.6 Å². The number of carbonyl (C=O) groups excluding carboxylic acids is 3. The summed E-state index contributed by atoms with van der Waals surface area (Å²) >= 11 is 6.19.